The Bertz CT molecular complexity index is 1510. The molecule has 0 heterocycles. The van der Waals surface area contributed by atoms with Crippen molar-refractivity contribution in [3.63, 3.8) is 0 Å². The van der Waals surface area contributed by atoms with E-state index >= 15 is 0 Å². The normalized spacial score (nSPS) is 12.0. The molecule has 0 atom stereocenters. The Morgan fingerprint density at radius 2 is 1.56 bits per heavy atom. The molecule has 0 aromatic heterocycles. The number of halogens is 8. The maximum absolute atomic E-state index is 12.9. The van der Waals surface area contributed by atoms with E-state index in [9.17, 15) is 46.5 Å². The Hall–Kier alpha value is -4.28. The number of benzene rings is 3. The fourth-order valence-electron chi connectivity index (χ4n) is 3.08. The summed E-state index contributed by atoms with van der Waals surface area (Å²) >= 11 is 12.3. The molecular weight excluding hydrogens is 579 g/mol. The highest BCUT2D eigenvalue weighted by Crippen LogP contribution is 2.42. The molecule has 0 unspecified atom stereocenters. The van der Waals surface area contributed by atoms with Gasteiger partial charge in [0.1, 0.15) is 11.6 Å². The van der Waals surface area contributed by atoms with E-state index in [1.54, 1.807) is 6.07 Å². The van der Waals surface area contributed by atoms with Crippen molar-refractivity contribution in [3.8, 4) is 17.6 Å². The van der Waals surface area contributed by atoms with Crippen molar-refractivity contribution in [1.29, 1.82) is 5.26 Å². The number of carbonyl (C=O) groups excluding carboxylic acids is 1. The Labute approximate surface area is 225 Å². The smallest absolute Gasteiger partial charge is 0.416 e. The molecule has 3 aromatic rings. The van der Waals surface area contributed by atoms with Gasteiger partial charge in [-0.3, -0.25) is 14.9 Å². The lowest BCUT2D eigenvalue weighted by Gasteiger charge is -2.13. The summed E-state index contributed by atoms with van der Waals surface area (Å²) < 4.78 is 82.8. The molecule has 1 amide bonds. The first kappa shape index (κ1) is 29.3. The van der Waals surface area contributed by atoms with Crippen LogP contribution in [-0.4, -0.2) is 10.8 Å². The molecular formula is C24H11Cl2F6N3O4. The molecule has 0 aliphatic carbocycles. The topological polar surface area (TPSA) is 105 Å². The summed E-state index contributed by atoms with van der Waals surface area (Å²) in [5, 5.41) is 22.2. The number of anilines is 1. The van der Waals surface area contributed by atoms with Gasteiger partial charge in [-0.15, -0.1) is 0 Å². The van der Waals surface area contributed by atoms with Crippen LogP contribution in [0.3, 0.4) is 0 Å². The first-order valence-electron chi connectivity index (χ1n) is 10.2. The number of rotatable bonds is 6. The molecule has 7 nitrogen and oxygen atoms in total. The summed E-state index contributed by atoms with van der Waals surface area (Å²) in [4.78, 5) is 22.7. The Balaban J connectivity index is 1.89. The van der Waals surface area contributed by atoms with Gasteiger partial charge in [0.05, 0.1) is 26.1 Å². The van der Waals surface area contributed by atoms with E-state index in [0.29, 0.717) is 18.2 Å². The van der Waals surface area contributed by atoms with Crippen molar-refractivity contribution >= 4 is 46.6 Å². The third-order valence-electron chi connectivity index (χ3n) is 4.84. The number of amides is 1. The molecule has 0 saturated carbocycles. The predicted octanol–water partition coefficient (Wildman–Crippen LogP) is 8.28. The Morgan fingerprint density at radius 3 is 2.10 bits per heavy atom. The fourth-order valence-corrected chi connectivity index (χ4v) is 3.66. The van der Waals surface area contributed by atoms with Gasteiger partial charge in [-0.25, -0.2) is 0 Å². The van der Waals surface area contributed by atoms with Gasteiger partial charge in [0.25, 0.3) is 5.91 Å². The molecule has 0 fully saturated rings. The van der Waals surface area contributed by atoms with E-state index in [0.717, 1.165) is 30.3 Å². The van der Waals surface area contributed by atoms with Crippen molar-refractivity contribution in [3.05, 3.63) is 97.0 Å². The molecule has 0 aliphatic rings. The molecule has 0 radical (unpaired) electrons. The maximum Gasteiger partial charge on any atom is 0.416 e. The second-order valence-corrected chi connectivity index (χ2v) is 8.37. The summed E-state index contributed by atoms with van der Waals surface area (Å²) in [6.45, 7) is 0. The minimum Gasteiger partial charge on any atom is -0.447 e. The highest BCUT2D eigenvalue weighted by Gasteiger charge is 2.34. The van der Waals surface area contributed by atoms with Gasteiger partial charge >= 0.3 is 18.0 Å². The van der Waals surface area contributed by atoms with Crippen molar-refractivity contribution in [1.82, 2.24) is 0 Å². The number of alkyl halides is 6. The number of hydrogen-bond donors (Lipinski definition) is 1. The van der Waals surface area contributed by atoms with E-state index in [1.165, 1.54) is 6.07 Å². The van der Waals surface area contributed by atoms with Crippen LogP contribution in [0, 0.1) is 21.4 Å². The van der Waals surface area contributed by atoms with E-state index in [1.807, 2.05) is 0 Å². The van der Waals surface area contributed by atoms with E-state index in [4.69, 9.17) is 27.9 Å². The monoisotopic (exact) mass is 589 g/mol. The molecule has 202 valence electrons. The van der Waals surface area contributed by atoms with Crippen LogP contribution < -0.4 is 10.1 Å². The molecule has 15 heteroatoms. The lowest BCUT2D eigenvalue weighted by molar-refractivity contribution is -0.385. The first-order chi connectivity index (χ1) is 18.1. The zero-order valence-corrected chi connectivity index (χ0v) is 20.3. The van der Waals surface area contributed by atoms with Crippen LogP contribution in [0.1, 0.15) is 16.7 Å². The SMILES string of the molecule is N#C/C(=C\c1cc(Cl)c(Oc2ccc(C(F)(F)F)cc2[N+](=O)[O-])c(Cl)c1)C(=O)Nc1cccc(C(F)(F)F)c1. The van der Waals surface area contributed by atoms with Gasteiger partial charge < -0.3 is 10.1 Å². The molecule has 39 heavy (non-hydrogen) atoms. The third kappa shape index (κ3) is 7.18. The van der Waals surface area contributed by atoms with Crippen molar-refractivity contribution in [2.75, 3.05) is 5.32 Å². The largest absolute Gasteiger partial charge is 0.447 e. The lowest BCUT2D eigenvalue weighted by Crippen LogP contribution is -2.14. The lowest BCUT2D eigenvalue weighted by atomic mass is 10.1. The second kappa shape index (κ2) is 11.2. The standard InChI is InChI=1S/C24H11Cl2F6N3O4/c25-17-7-12(6-13(11-33)22(36)34-16-3-1-2-14(9-16)23(27,28)29)8-18(26)21(17)39-20-5-4-15(24(30,31)32)10-19(20)35(37)38/h1-10H,(H,34,36)/b13-6+. The molecule has 0 bridgehead atoms. The highest BCUT2D eigenvalue weighted by atomic mass is 35.5. The van der Waals surface area contributed by atoms with Gasteiger partial charge in [-0.1, -0.05) is 29.3 Å². The van der Waals surface area contributed by atoms with Crippen molar-refractivity contribution in [2.24, 2.45) is 0 Å². The molecule has 0 spiro atoms. The summed E-state index contributed by atoms with van der Waals surface area (Å²) in [5.41, 5.74) is -4.05. The van der Waals surface area contributed by atoms with Crippen LogP contribution in [0.5, 0.6) is 11.5 Å². The third-order valence-corrected chi connectivity index (χ3v) is 5.40. The molecule has 3 rings (SSSR count). The molecule has 3 aromatic carbocycles. The van der Waals surface area contributed by atoms with Crippen LogP contribution in [0.25, 0.3) is 6.08 Å². The number of nitriles is 1. The zero-order valence-electron chi connectivity index (χ0n) is 18.8. The quantitative estimate of drug-likeness (QED) is 0.102. The fraction of sp³-hybridized carbons (Fsp3) is 0.0833. The zero-order chi connectivity index (χ0) is 29.1. The predicted molar refractivity (Wildman–Crippen MR) is 128 cm³/mol. The van der Waals surface area contributed by atoms with Crippen LogP contribution in [-0.2, 0) is 17.1 Å². The average Bonchev–Trinajstić information content (AvgIpc) is 2.83. The highest BCUT2D eigenvalue weighted by molar-refractivity contribution is 6.37. The van der Waals surface area contributed by atoms with Gasteiger partial charge in [0.15, 0.2) is 5.75 Å². The summed E-state index contributed by atoms with van der Waals surface area (Å²) in [5.74, 6) is -2.02. The van der Waals surface area contributed by atoms with Gasteiger partial charge in [-0.05, 0) is 54.1 Å². The van der Waals surface area contributed by atoms with Gasteiger partial charge in [0.2, 0.25) is 5.75 Å². The minimum atomic E-state index is -4.85. The first-order valence-corrected chi connectivity index (χ1v) is 11.0. The number of nitrogens with zero attached hydrogens (tertiary/aromatic N) is 2. The number of carbonyl (C=O) groups is 1. The van der Waals surface area contributed by atoms with E-state index in [-0.39, 0.29) is 33.1 Å². The summed E-state index contributed by atoms with van der Waals surface area (Å²) in [6.07, 6.45) is -8.50. The van der Waals surface area contributed by atoms with Crippen molar-refractivity contribution in [2.45, 2.75) is 12.4 Å². The summed E-state index contributed by atoms with van der Waals surface area (Å²) in [6, 6.07) is 9.12. The Kier molecular flexibility index (Phi) is 8.42. The van der Waals surface area contributed by atoms with Crippen LogP contribution in [0.4, 0.5) is 37.7 Å². The van der Waals surface area contributed by atoms with Crippen LogP contribution in [0.15, 0.2) is 60.2 Å². The summed E-state index contributed by atoms with van der Waals surface area (Å²) in [7, 11) is 0. The number of nitro benzene ring substituents is 1. The van der Waals surface area contributed by atoms with Crippen LogP contribution >= 0.6 is 23.2 Å². The molecule has 1 N–H and O–H groups in total. The second-order valence-electron chi connectivity index (χ2n) is 7.56. The number of hydrogen-bond acceptors (Lipinski definition) is 5. The number of ether oxygens (including phenoxy) is 1. The number of nitro groups is 1. The molecule has 0 aliphatic heterocycles. The van der Waals surface area contributed by atoms with Crippen LogP contribution in [0.2, 0.25) is 10.0 Å². The Morgan fingerprint density at radius 1 is 0.974 bits per heavy atom. The van der Waals surface area contributed by atoms with Gasteiger partial charge in [0, 0.05) is 11.8 Å². The van der Waals surface area contributed by atoms with Crippen molar-refractivity contribution < 1.29 is 40.8 Å². The molecule has 0 saturated heterocycles. The van der Waals surface area contributed by atoms with E-state index in [2.05, 4.69) is 5.32 Å². The van der Waals surface area contributed by atoms with Gasteiger partial charge in [-0.2, -0.15) is 31.6 Å². The maximum atomic E-state index is 12.9. The minimum absolute atomic E-state index is 0.0509. The average molecular weight is 590 g/mol. The number of nitrogens with one attached hydrogen (secondary N) is 1. The van der Waals surface area contributed by atoms with E-state index < -0.39 is 51.3 Å².